The largest absolute Gasteiger partial charge is 0.496 e. The Labute approximate surface area is 612 Å². The van der Waals surface area contributed by atoms with Crippen molar-refractivity contribution in [2.45, 2.75) is 62.3 Å². The molecule has 0 unspecified atom stereocenters. The van der Waals surface area contributed by atoms with Gasteiger partial charge in [0, 0.05) is 61.8 Å². The predicted octanol–water partition coefficient (Wildman–Crippen LogP) is 18.0. The van der Waals surface area contributed by atoms with Gasteiger partial charge in [0.05, 0.1) is 7.11 Å². The highest BCUT2D eigenvalue weighted by atomic mass is 19.1. The predicted molar refractivity (Wildman–Crippen MR) is 398 cm³/mol. The van der Waals surface area contributed by atoms with Gasteiger partial charge in [-0.3, -0.25) is 0 Å². The molecule has 0 heterocycles. The first-order chi connectivity index (χ1) is 49.9. The molecule has 0 spiro atoms. The molecule has 8 aromatic rings. The van der Waals surface area contributed by atoms with Gasteiger partial charge in [0.15, 0.2) is 34.6 Å². The van der Waals surface area contributed by atoms with Crippen molar-refractivity contribution in [3.8, 4) is 102 Å². The van der Waals surface area contributed by atoms with Gasteiger partial charge in [-0.1, -0.05) is 126 Å². The summed E-state index contributed by atoms with van der Waals surface area (Å²) in [5, 5.41) is 0. The molecule has 106 heavy (non-hydrogen) atoms. The van der Waals surface area contributed by atoms with Crippen LogP contribution in [0.15, 0.2) is 279 Å². The van der Waals surface area contributed by atoms with Crippen molar-refractivity contribution >= 4 is 53.7 Å². The number of rotatable bonds is 23. The third kappa shape index (κ3) is 25.4. The van der Waals surface area contributed by atoms with Crippen LogP contribution >= 0.6 is 0 Å². The summed E-state index contributed by atoms with van der Waals surface area (Å²) in [6, 6.07) is 45.3. The van der Waals surface area contributed by atoms with Crippen molar-refractivity contribution in [1.29, 1.82) is 0 Å². The van der Waals surface area contributed by atoms with Gasteiger partial charge in [-0.2, -0.15) is 0 Å². The maximum atomic E-state index is 14.1. The number of carbonyl (C=O) groups excluding carboxylic acids is 9. The van der Waals surface area contributed by atoms with Crippen molar-refractivity contribution < 1.29 is 99.3 Å². The number of ether oxygens (including phenoxy) is 10. The third-order valence-corrected chi connectivity index (χ3v) is 13.7. The summed E-state index contributed by atoms with van der Waals surface area (Å²) in [6.45, 7) is 45.5. The molecule has 544 valence electrons. The standard InChI is InChI=1S/C24H22O6.C21H20O5.2C20H17FO4/c1-14(2)22(25)28-19-10-7-17(8-11-19)18-9-12-20(29-23(26)15(3)4)21(13-18)30-24(27)16(5)6;1-13(2)20(22)25-16-8-6-15(7-9-16)18-11-10-17(12-19(18)24-5)26-21(23)14(3)4;2*1-12(2)19(22)24-16-8-5-14(6-9-16)15-7-10-18(17(21)11-15)25-20(23)13(3)4/h7-13H,1,3,5H2,2,4,6H3;6-12H,1,3H2,2,4-5H3;2*5-11H,1,3H2,2,4H3. The van der Waals surface area contributed by atoms with Crippen LogP contribution in [0.3, 0.4) is 0 Å². The summed E-state index contributed by atoms with van der Waals surface area (Å²) in [5.41, 5.74) is 8.01. The molecule has 0 amide bonds. The van der Waals surface area contributed by atoms with Crippen LogP contribution in [0.1, 0.15) is 62.3 Å². The van der Waals surface area contributed by atoms with Gasteiger partial charge in [-0.05, 0) is 198 Å². The molecular weight excluding hydrogens is 1360 g/mol. The minimum atomic E-state index is -0.685. The highest BCUT2D eigenvalue weighted by molar-refractivity contribution is 5.94. The molecule has 0 aliphatic heterocycles. The molecule has 0 aliphatic carbocycles. The Morgan fingerprint density at radius 1 is 0.226 bits per heavy atom. The molecular formula is C85H76F2O19. The first-order valence-electron chi connectivity index (χ1n) is 31.7. The minimum Gasteiger partial charge on any atom is -0.496 e. The van der Waals surface area contributed by atoms with Crippen LogP contribution in [0.5, 0.6) is 57.5 Å². The van der Waals surface area contributed by atoms with Crippen LogP contribution in [0.4, 0.5) is 8.78 Å². The van der Waals surface area contributed by atoms with Gasteiger partial charge in [0.1, 0.15) is 34.5 Å². The molecule has 0 saturated heterocycles. The molecule has 0 atom stereocenters. The Kier molecular flexibility index (Phi) is 30.5. The van der Waals surface area contributed by atoms with E-state index in [0.29, 0.717) is 90.2 Å². The molecule has 19 nitrogen and oxygen atoms in total. The van der Waals surface area contributed by atoms with E-state index in [-0.39, 0.29) is 45.3 Å². The lowest BCUT2D eigenvalue weighted by Crippen LogP contribution is -2.12. The molecule has 0 bridgehead atoms. The fourth-order valence-electron chi connectivity index (χ4n) is 7.92. The van der Waals surface area contributed by atoms with Gasteiger partial charge in [0.2, 0.25) is 0 Å². The van der Waals surface area contributed by atoms with Crippen molar-refractivity contribution in [3.05, 3.63) is 291 Å². The average molecular weight is 1440 g/mol. The van der Waals surface area contributed by atoms with E-state index in [1.54, 1.807) is 174 Å². The van der Waals surface area contributed by atoms with E-state index in [2.05, 4.69) is 59.2 Å². The summed E-state index contributed by atoms with van der Waals surface area (Å²) in [5.74, 6) is -4.24. The summed E-state index contributed by atoms with van der Waals surface area (Å²) in [7, 11) is 1.53. The Morgan fingerprint density at radius 3 is 0.717 bits per heavy atom. The Bertz CT molecular complexity index is 4680. The van der Waals surface area contributed by atoms with Gasteiger partial charge < -0.3 is 47.4 Å². The number of hydrogen-bond donors (Lipinski definition) is 0. The maximum Gasteiger partial charge on any atom is 0.338 e. The molecule has 21 heteroatoms. The Morgan fingerprint density at radius 2 is 0.443 bits per heavy atom. The summed E-state index contributed by atoms with van der Waals surface area (Å²) in [6.07, 6.45) is 0. The second kappa shape index (κ2) is 38.9. The zero-order chi connectivity index (χ0) is 78.8. The molecule has 8 rings (SSSR count). The highest BCUT2D eigenvalue weighted by Gasteiger charge is 2.20. The van der Waals surface area contributed by atoms with Crippen LogP contribution in [0.2, 0.25) is 0 Å². The average Bonchev–Trinajstić information content (AvgIpc) is 0.751. The van der Waals surface area contributed by atoms with Gasteiger partial charge in [0.25, 0.3) is 0 Å². The molecule has 0 saturated carbocycles. The lowest BCUT2D eigenvalue weighted by Gasteiger charge is -2.13. The lowest BCUT2D eigenvalue weighted by atomic mass is 10.0. The smallest absolute Gasteiger partial charge is 0.338 e. The van der Waals surface area contributed by atoms with Crippen molar-refractivity contribution in [2.75, 3.05) is 7.11 Å². The van der Waals surface area contributed by atoms with E-state index in [1.165, 1.54) is 65.1 Å². The zero-order valence-electron chi connectivity index (χ0n) is 60.0. The second-order valence-electron chi connectivity index (χ2n) is 23.4. The van der Waals surface area contributed by atoms with Crippen LogP contribution in [-0.4, -0.2) is 60.8 Å². The molecule has 8 aromatic carbocycles. The van der Waals surface area contributed by atoms with Crippen LogP contribution in [0, 0.1) is 11.6 Å². The zero-order valence-corrected chi connectivity index (χ0v) is 60.0. The summed E-state index contributed by atoms with van der Waals surface area (Å²) in [4.78, 5) is 105. The first kappa shape index (κ1) is 83.0. The topological polar surface area (TPSA) is 246 Å². The highest BCUT2D eigenvalue weighted by Crippen LogP contribution is 2.37. The lowest BCUT2D eigenvalue weighted by molar-refractivity contribution is -0.132. The fourth-order valence-corrected chi connectivity index (χ4v) is 7.92. The van der Waals surface area contributed by atoms with Crippen LogP contribution in [0.25, 0.3) is 44.5 Å². The quantitative estimate of drug-likeness (QED) is 0.0328. The van der Waals surface area contributed by atoms with Gasteiger partial charge in [-0.25, -0.2) is 51.9 Å². The fraction of sp³-hybridized carbons (Fsp3) is 0.118. The number of esters is 9. The molecule has 0 aromatic heterocycles. The van der Waals surface area contributed by atoms with E-state index in [0.717, 1.165) is 16.7 Å². The number of benzene rings is 8. The third-order valence-electron chi connectivity index (χ3n) is 13.7. The van der Waals surface area contributed by atoms with E-state index in [1.807, 2.05) is 0 Å². The van der Waals surface area contributed by atoms with E-state index in [9.17, 15) is 51.9 Å². The normalized spacial score (nSPS) is 10.0. The summed E-state index contributed by atoms with van der Waals surface area (Å²) < 4.78 is 79.8. The summed E-state index contributed by atoms with van der Waals surface area (Å²) >= 11 is 0. The van der Waals surface area contributed by atoms with Gasteiger partial charge >= 0.3 is 53.7 Å². The molecule has 0 radical (unpaired) electrons. The van der Waals surface area contributed by atoms with E-state index in [4.69, 9.17) is 47.4 Å². The number of hydrogen-bond acceptors (Lipinski definition) is 19. The van der Waals surface area contributed by atoms with Crippen LogP contribution < -0.4 is 47.4 Å². The number of methoxy groups -OCH3 is 1. The minimum absolute atomic E-state index is 0.0629. The van der Waals surface area contributed by atoms with Crippen molar-refractivity contribution in [3.63, 3.8) is 0 Å². The Hall–Kier alpha value is -13.7. The molecule has 0 aliphatic rings. The van der Waals surface area contributed by atoms with Crippen LogP contribution in [-0.2, 0) is 43.2 Å². The number of halogens is 2. The SMILES string of the molecule is C=C(C)C(=O)Oc1ccc(-c2ccc(OC(=O)C(=C)C)c(F)c2)cc1.C=C(C)C(=O)Oc1ccc(-c2ccc(OC(=O)C(=C)C)c(F)c2)cc1.C=C(C)C(=O)Oc1ccc(-c2ccc(OC(=O)C(=C)C)c(OC(=O)C(=C)C)c2)cc1.C=C(C)C(=O)Oc1ccc(-c2ccc(OC(=O)C(=C)C)cc2OC)cc1. The van der Waals surface area contributed by atoms with E-state index < -0.39 is 65.4 Å². The van der Waals surface area contributed by atoms with Gasteiger partial charge in [-0.15, -0.1) is 0 Å². The van der Waals surface area contributed by atoms with E-state index >= 15 is 0 Å². The monoisotopic (exact) mass is 1440 g/mol. The Balaban J connectivity index is 0.000000254. The van der Waals surface area contributed by atoms with Crippen molar-refractivity contribution in [2.24, 2.45) is 0 Å². The molecule has 0 N–H and O–H groups in total. The number of carbonyl (C=O) groups is 9. The maximum absolute atomic E-state index is 14.1. The van der Waals surface area contributed by atoms with Crippen molar-refractivity contribution in [1.82, 2.24) is 0 Å². The first-order valence-corrected chi connectivity index (χ1v) is 31.7. The molecule has 0 fully saturated rings. The second-order valence-corrected chi connectivity index (χ2v) is 23.4.